The second kappa shape index (κ2) is 11.5. The van der Waals surface area contributed by atoms with E-state index in [1.807, 2.05) is 18.0 Å². The van der Waals surface area contributed by atoms with Gasteiger partial charge in [-0.1, -0.05) is 13.3 Å². The molecule has 0 amide bonds. The van der Waals surface area contributed by atoms with Crippen LogP contribution in [0.25, 0.3) is 0 Å². The van der Waals surface area contributed by atoms with Crippen LogP contribution >= 0.6 is 47.1 Å². The van der Waals surface area contributed by atoms with Crippen molar-refractivity contribution in [1.82, 2.24) is 15.6 Å². The molecule has 23 heavy (non-hydrogen) atoms. The number of hydrogen-bond acceptors (Lipinski definition) is 4. The van der Waals surface area contributed by atoms with Crippen molar-refractivity contribution < 1.29 is 0 Å². The van der Waals surface area contributed by atoms with Gasteiger partial charge >= 0.3 is 0 Å². The first-order valence-electron chi connectivity index (χ1n) is 8.26. The van der Waals surface area contributed by atoms with Crippen molar-refractivity contribution in [2.75, 3.05) is 12.8 Å². The predicted molar refractivity (Wildman–Crippen MR) is 114 cm³/mol. The summed E-state index contributed by atoms with van der Waals surface area (Å²) in [6.45, 7) is 5.83. The Bertz CT molecular complexity index is 478. The van der Waals surface area contributed by atoms with Gasteiger partial charge in [-0.25, -0.2) is 9.98 Å². The maximum absolute atomic E-state index is 4.71. The van der Waals surface area contributed by atoms with Crippen LogP contribution in [0.5, 0.6) is 0 Å². The van der Waals surface area contributed by atoms with E-state index >= 15 is 0 Å². The minimum absolute atomic E-state index is 0. The normalized spacial score (nSPS) is 21.6. The molecule has 132 valence electrons. The van der Waals surface area contributed by atoms with Crippen molar-refractivity contribution in [3.8, 4) is 0 Å². The molecule has 1 aliphatic carbocycles. The van der Waals surface area contributed by atoms with Gasteiger partial charge in [-0.05, 0) is 38.9 Å². The summed E-state index contributed by atoms with van der Waals surface area (Å²) in [4.78, 5) is 10.5. The van der Waals surface area contributed by atoms with Crippen LogP contribution in [-0.2, 0) is 13.0 Å². The summed E-state index contributed by atoms with van der Waals surface area (Å²) in [5.41, 5.74) is 0. The Morgan fingerprint density at radius 3 is 2.91 bits per heavy atom. The zero-order valence-corrected chi connectivity index (χ0v) is 18.3. The molecule has 0 spiro atoms. The molecule has 7 heteroatoms. The van der Waals surface area contributed by atoms with E-state index in [1.165, 1.54) is 30.6 Å². The lowest BCUT2D eigenvalue weighted by atomic mass is 9.95. The summed E-state index contributed by atoms with van der Waals surface area (Å²) in [5, 5.41) is 8.87. The van der Waals surface area contributed by atoms with Crippen LogP contribution in [0.15, 0.2) is 11.2 Å². The van der Waals surface area contributed by atoms with Gasteiger partial charge in [0.25, 0.3) is 0 Å². The fourth-order valence-electron chi connectivity index (χ4n) is 2.73. The van der Waals surface area contributed by atoms with Gasteiger partial charge in [0.1, 0.15) is 5.01 Å². The summed E-state index contributed by atoms with van der Waals surface area (Å²) in [6.07, 6.45) is 10.4. The van der Waals surface area contributed by atoms with E-state index in [2.05, 4.69) is 35.7 Å². The maximum Gasteiger partial charge on any atom is 0.191 e. The Morgan fingerprint density at radius 2 is 2.26 bits per heavy atom. The van der Waals surface area contributed by atoms with Crippen LogP contribution in [0.3, 0.4) is 0 Å². The van der Waals surface area contributed by atoms with Gasteiger partial charge in [0.15, 0.2) is 5.96 Å². The van der Waals surface area contributed by atoms with Gasteiger partial charge in [-0.2, -0.15) is 11.8 Å². The Morgan fingerprint density at radius 1 is 1.43 bits per heavy atom. The lowest BCUT2D eigenvalue weighted by Gasteiger charge is -2.29. The molecule has 1 fully saturated rings. The average molecular weight is 468 g/mol. The van der Waals surface area contributed by atoms with Gasteiger partial charge in [0, 0.05) is 28.9 Å². The monoisotopic (exact) mass is 468 g/mol. The zero-order valence-electron chi connectivity index (χ0n) is 14.3. The number of aliphatic imine (C=N–C) groups is 1. The molecule has 2 atom stereocenters. The molecule has 0 aromatic carbocycles. The van der Waals surface area contributed by atoms with Crippen molar-refractivity contribution in [2.45, 2.75) is 63.8 Å². The Kier molecular flexibility index (Phi) is 10.5. The third-order valence-corrected chi connectivity index (χ3v) is 6.19. The van der Waals surface area contributed by atoms with E-state index in [1.54, 1.807) is 11.3 Å². The maximum atomic E-state index is 4.71. The Labute approximate surface area is 165 Å². The SMILES string of the molecule is CCNC(=NCc1ncc(CC)s1)NC1CCCC(SC)C1.I. The van der Waals surface area contributed by atoms with Crippen LogP contribution in [0.1, 0.15) is 49.4 Å². The molecule has 1 heterocycles. The molecule has 4 nitrogen and oxygen atoms in total. The van der Waals surface area contributed by atoms with Crippen LogP contribution < -0.4 is 10.6 Å². The fourth-order valence-corrected chi connectivity index (χ4v) is 4.35. The molecule has 2 unspecified atom stereocenters. The fraction of sp³-hybridized carbons (Fsp3) is 0.750. The predicted octanol–water partition coefficient (Wildman–Crippen LogP) is 4.05. The van der Waals surface area contributed by atoms with E-state index in [0.717, 1.165) is 29.2 Å². The van der Waals surface area contributed by atoms with Gasteiger partial charge in [0.05, 0.1) is 6.54 Å². The number of nitrogens with zero attached hydrogens (tertiary/aromatic N) is 2. The van der Waals surface area contributed by atoms with Crippen LogP contribution in [-0.4, -0.2) is 35.0 Å². The number of rotatable bonds is 6. The molecule has 2 N–H and O–H groups in total. The number of thiazole rings is 1. The summed E-state index contributed by atoms with van der Waals surface area (Å²) < 4.78 is 0. The quantitative estimate of drug-likeness (QED) is 0.376. The van der Waals surface area contributed by atoms with E-state index in [9.17, 15) is 0 Å². The number of nitrogens with one attached hydrogen (secondary N) is 2. The van der Waals surface area contributed by atoms with E-state index in [4.69, 9.17) is 4.99 Å². The molecule has 0 saturated heterocycles. The third-order valence-electron chi connectivity index (χ3n) is 3.97. The highest BCUT2D eigenvalue weighted by Crippen LogP contribution is 2.26. The Balaban J connectivity index is 0.00000264. The first kappa shape index (κ1) is 21.0. The highest BCUT2D eigenvalue weighted by atomic mass is 127. The van der Waals surface area contributed by atoms with Gasteiger partial charge < -0.3 is 10.6 Å². The standard InChI is InChI=1S/C16H28N4S2.HI/c1-4-13-10-18-15(22-13)11-19-16(17-5-2)20-12-7-6-8-14(9-12)21-3;/h10,12,14H,4-9,11H2,1-3H3,(H2,17,19,20);1H. The summed E-state index contributed by atoms with van der Waals surface area (Å²) in [7, 11) is 0. The number of thioether (sulfide) groups is 1. The zero-order chi connectivity index (χ0) is 15.8. The molecular weight excluding hydrogens is 439 g/mol. The molecule has 2 rings (SSSR count). The lowest BCUT2D eigenvalue weighted by molar-refractivity contribution is 0.419. The first-order chi connectivity index (χ1) is 10.7. The van der Waals surface area contributed by atoms with E-state index in [0.29, 0.717) is 12.6 Å². The molecule has 1 aliphatic rings. The van der Waals surface area contributed by atoms with Crippen LogP contribution in [0, 0.1) is 0 Å². The number of hydrogen-bond donors (Lipinski definition) is 2. The topological polar surface area (TPSA) is 49.3 Å². The molecule has 0 aliphatic heterocycles. The van der Waals surface area contributed by atoms with Crippen molar-refractivity contribution in [1.29, 1.82) is 0 Å². The molecular formula is C16H29IN4S2. The summed E-state index contributed by atoms with van der Waals surface area (Å²) in [5.74, 6) is 0.933. The van der Waals surface area contributed by atoms with Gasteiger partial charge in [-0.3, -0.25) is 0 Å². The summed E-state index contributed by atoms with van der Waals surface area (Å²) >= 11 is 3.76. The second-order valence-corrected chi connectivity index (χ2v) is 7.97. The smallest absolute Gasteiger partial charge is 0.191 e. The van der Waals surface area contributed by atoms with Gasteiger partial charge in [0.2, 0.25) is 0 Å². The minimum Gasteiger partial charge on any atom is -0.357 e. The van der Waals surface area contributed by atoms with Crippen molar-refractivity contribution in [2.24, 2.45) is 4.99 Å². The highest BCUT2D eigenvalue weighted by molar-refractivity contribution is 14.0. The van der Waals surface area contributed by atoms with Crippen LogP contribution in [0.4, 0.5) is 0 Å². The molecule has 1 aromatic heterocycles. The second-order valence-electron chi connectivity index (χ2n) is 5.63. The molecule has 1 saturated carbocycles. The van der Waals surface area contributed by atoms with Crippen molar-refractivity contribution in [3.05, 3.63) is 16.1 Å². The number of aryl methyl sites for hydroxylation is 1. The van der Waals surface area contributed by atoms with Crippen LogP contribution in [0.2, 0.25) is 0 Å². The molecule has 0 radical (unpaired) electrons. The van der Waals surface area contributed by atoms with E-state index in [-0.39, 0.29) is 24.0 Å². The molecule has 1 aromatic rings. The first-order valence-corrected chi connectivity index (χ1v) is 10.4. The third kappa shape index (κ3) is 7.17. The van der Waals surface area contributed by atoms with E-state index < -0.39 is 0 Å². The number of guanidine groups is 1. The average Bonchev–Trinajstić information content (AvgIpc) is 3.01. The van der Waals surface area contributed by atoms with Crippen molar-refractivity contribution >= 4 is 53.0 Å². The Hall–Kier alpha value is -0.0200. The minimum atomic E-state index is 0. The van der Waals surface area contributed by atoms with Gasteiger partial charge in [-0.15, -0.1) is 35.3 Å². The largest absolute Gasteiger partial charge is 0.357 e. The molecule has 0 bridgehead atoms. The number of halogens is 1. The summed E-state index contributed by atoms with van der Waals surface area (Å²) in [6, 6.07) is 0.548. The highest BCUT2D eigenvalue weighted by Gasteiger charge is 2.21. The number of aromatic nitrogens is 1. The lowest BCUT2D eigenvalue weighted by Crippen LogP contribution is -2.45. The van der Waals surface area contributed by atoms with Crippen molar-refractivity contribution in [3.63, 3.8) is 0 Å².